The Morgan fingerprint density at radius 3 is 2.96 bits per heavy atom. The van der Waals surface area contributed by atoms with E-state index in [1.165, 1.54) is 0 Å². The number of pyridine rings is 1. The van der Waals surface area contributed by atoms with Gasteiger partial charge in [0, 0.05) is 23.8 Å². The lowest BCUT2D eigenvalue weighted by atomic mass is 9.90. The molecule has 0 aliphatic carbocycles. The van der Waals surface area contributed by atoms with E-state index in [0.717, 1.165) is 10.9 Å². The van der Waals surface area contributed by atoms with E-state index < -0.39 is 0 Å². The summed E-state index contributed by atoms with van der Waals surface area (Å²) in [5.41, 5.74) is 6.30. The molecule has 0 saturated carbocycles. The Morgan fingerprint density at radius 2 is 2.25 bits per heavy atom. The molecule has 2 aromatic rings. The highest BCUT2D eigenvalue weighted by Gasteiger charge is 2.36. The lowest BCUT2D eigenvalue weighted by Gasteiger charge is -2.23. The molecule has 0 radical (unpaired) electrons. The Morgan fingerprint density at radius 1 is 1.42 bits per heavy atom. The molecule has 1 unspecified atom stereocenters. The smallest absolute Gasteiger partial charge is 0.259 e. The average molecular weight is 390 g/mol. The molecule has 2 N–H and O–H groups in total. The molecule has 3 rings (SSSR count). The Bertz CT molecular complexity index is 753. The number of hydrogen-bond acceptors (Lipinski definition) is 4. The average Bonchev–Trinajstić information content (AvgIpc) is 2.98. The number of ether oxygens (including phenoxy) is 1. The summed E-state index contributed by atoms with van der Waals surface area (Å²) in [7, 11) is 0. The largest absolute Gasteiger partial charge is 0.438 e. The van der Waals surface area contributed by atoms with Crippen LogP contribution in [0.2, 0.25) is 0 Å². The molecule has 1 aliphatic rings. The van der Waals surface area contributed by atoms with Crippen molar-refractivity contribution in [3.8, 4) is 11.6 Å². The number of carbonyl (C=O) groups is 1. The molecule has 0 bridgehead atoms. The Kier molecular flexibility index (Phi) is 4.87. The summed E-state index contributed by atoms with van der Waals surface area (Å²) in [4.78, 5) is 19.0. The molecule has 1 aromatic carbocycles. The summed E-state index contributed by atoms with van der Waals surface area (Å²) in [5, 5.41) is 0. The summed E-state index contributed by atoms with van der Waals surface area (Å²) in [5.74, 6) is 0.887. The molecule has 24 heavy (non-hydrogen) atoms. The van der Waals surface area contributed by atoms with E-state index in [9.17, 15) is 4.79 Å². The van der Waals surface area contributed by atoms with Crippen LogP contribution in [0, 0.1) is 5.41 Å². The Balaban J connectivity index is 1.83. The number of rotatable bonds is 4. The molecule has 126 valence electrons. The van der Waals surface area contributed by atoms with Crippen LogP contribution in [0.25, 0.3) is 0 Å². The van der Waals surface area contributed by atoms with Gasteiger partial charge in [-0.05, 0) is 48.7 Å². The third kappa shape index (κ3) is 3.60. The van der Waals surface area contributed by atoms with Gasteiger partial charge in [0.2, 0.25) is 5.88 Å². The molecule has 1 saturated heterocycles. The van der Waals surface area contributed by atoms with E-state index in [0.29, 0.717) is 36.8 Å². The van der Waals surface area contributed by atoms with Crippen molar-refractivity contribution in [1.82, 2.24) is 9.88 Å². The van der Waals surface area contributed by atoms with Gasteiger partial charge in [-0.25, -0.2) is 4.98 Å². The van der Waals surface area contributed by atoms with Crippen LogP contribution in [0.3, 0.4) is 0 Å². The molecule has 1 aliphatic heterocycles. The molecule has 1 amide bonds. The topological polar surface area (TPSA) is 68.5 Å². The van der Waals surface area contributed by atoms with Crippen molar-refractivity contribution in [2.75, 3.05) is 19.6 Å². The first-order valence-electron chi connectivity index (χ1n) is 7.88. The molecule has 2 heterocycles. The zero-order valence-corrected chi connectivity index (χ0v) is 15.1. The molecular weight excluding hydrogens is 370 g/mol. The highest BCUT2D eigenvalue weighted by Crippen LogP contribution is 2.31. The molecule has 1 fully saturated rings. The van der Waals surface area contributed by atoms with Crippen molar-refractivity contribution in [2.24, 2.45) is 11.1 Å². The van der Waals surface area contributed by atoms with E-state index in [2.05, 4.69) is 27.8 Å². The van der Waals surface area contributed by atoms with Crippen molar-refractivity contribution in [1.29, 1.82) is 0 Å². The number of carbonyl (C=O) groups excluding carboxylic acids is 1. The Labute approximate surface area is 149 Å². The molecule has 5 nitrogen and oxygen atoms in total. The predicted molar refractivity (Wildman–Crippen MR) is 96.1 cm³/mol. The fraction of sp³-hybridized carbons (Fsp3) is 0.333. The van der Waals surface area contributed by atoms with Crippen molar-refractivity contribution < 1.29 is 9.53 Å². The van der Waals surface area contributed by atoms with E-state index in [4.69, 9.17) is 10.5 Å². The second-order valence-electron chi connectivity index (χ2n) is 6.41. The molecule has 1 atom stereocenters. The van der Waals surface area contributed by atoms with Crippen molar-refractivity contribution >= 4 is 21.8 Å². The fourth-order valence-electron chi connectivity index (χ4n) is 2.81. The third-order valence-electron chi connectivity index (χ3n) is 4.35. The van der Waals surface area contributed by atoms with E-state index in [1.807, 2.05) is 29.2 Å². The maximum atomic E-state index is 12.9. The van der Waals surface area contributed by atoms with E-state index in [-0.39, 0.29) is 11.3 Å². The van der Waals surface area contributed by atoms with Crippen molar-refractivity contribution in [2.45, 2.75) is 13.3 Å². The van der Waals surface area contributed by atoms with Gasteiger partial charge in [-0.3, -0.25) is 4.79 Å². The van der Waals surface area contributed by atoms with Crippen LogP contribution in [0.15, 0.2) is 47.1 Å². The summed E-state index contributed by atoms with van der Waals surface area (Å²) in [6, 6.07) is 10.9. The van der Waals surface area contributed by atoms with Gasteiger partial charge in [-0.1, -0.05) is 28.9 Å². The zero-order valence-electron chi connectivity index (χ0n) is 13.5. The highest BCUT2D eigenvalue weighted by molar-refractivity contribution is 9.10. The third-order valence-corrected chi connectivity index (χ3v) is 4.84. The first-order chi connectivity index (χ1) is 11.5. The first kappa shape index (κ1) is 16.9. The van der Waals surface area contributed by atoms with Crippen molar-refractivity contribution in [3.05, 3.63) is 52.6 Å². The molecular formula is C18H20BrN3O2. The van der Waals surface area contributed by atoms with Crippen LogP contribution in [-0.4, -0.2) is 35.4 Å². The molecule has 6 heteroatoms. The second-order valence-corrected chi connectivity index (χ2v) is 7.32. The number of hydrogen-bond donors (Lipinski definition) is 1. The number of nitrogens with two attached hydrogens (primary N) is 1. The van der Waals surface area contributed by atoms with Gasteiger partial charge in [-0.2, -0.15) is 0 Å². The number of aromatic nitrogens is 1. The van der Waals surface area contributed by atoms with E-state index in [1.54, 1.807) is 18.3 Å². The van der Waals surface area contributed by atoms with Crippen molar-refractivity contribution in [3.63, 3.8) is 0 Å². The number of halogens is 1. The zero-order chi connectivity index (χ0) is 17.2. The van der Waals surface area contributed by atoms with Gasteiger partial charge < -0.3 is 15.4 Å². The molecule has 0 spiro atoms. The number of nitrogens with zero attached hydrogens (tertiary/aromatic N) is 2. The fourth-order valence-corrected chi connectivity index (χ4v) is 3.19. The summed E-state index contributed by atoms with van der Waals surface area (Å²) in [6.45, 7) is 4.05. The minimum atomic E-state index is -0.0646. The lowest BCUT2D eigenvalue weighted by molar-refractivity contribution is 0.0773. The maximum absolute atomic E-state index is 12.9. The van der Waals surface area contributed by atoms with Gasteiger partial charge in [0.25, 0.3) is 5.91 Å². The minimum Gasteiger partial charge on any atom is -0.438 e. The SMILES string of the molecule is CC1(CN)CCN(C(=O)c2cccnc2Oc2cccc(Br)c2)C1. The maximum Gasteiger partial charge on any atom is 0.259 e. The van der Waals surface area contributed by atoms with Crippen LogP contribution in [0.4, 0.5) is 0 Å². The quantitative estimate of drug-likeness (QED) is 0.869. The van der Waals surface area contributed by atoms with Gasteiger partial charge in [0.1, 0.15) is 11.3 Å². The van der Waals surface area contributed by atoms with Crippen LogP contribution >= 0.6 is 15.9 Å². The summed E-state index contributed by atoms with van der Waals surface area (Å²) in [6.07, 6.45) is 2.54. The van der Waals surface area contributed by atoms with Gasteiger partial charge in [-0.15, -0.1) is 0 Å². The monoisotopic (exact) mass is 389 g/mol. The lowest BCUT2D eigenvalue weighted by Crippen LogP contribution is -2.34. The van der Waals surface area contributed by atoms with Crippen LogP contribution < -0.4 is 10.5 Å². The van der Waals surface area contributed by atoms with Gasteiger partial charge >= 0.3 is 0 Å². The Hall–Kier alpha value is -1.92. The number of benzene rings is 1. The number of amides is 1. The van der Waals surface area contributed by atoms with Crippen LogP contribution in [0.1, 0.15) is 23.7 Å². The minimum absolute atomic E-state index is 0.0107. The normalized spacial score (nSPS) is 20.2. The second kappa shape index (κ2) is 6.91. The summed E-state index contributed by atoms with van der Waals surface area (Å²) >= 11 is 3.41. The van der Waals surface area contributed by atoms with Crippen LogP contribution in [-0.2, 0) is 0 Å². The van der Waals surface area contributed by atoms with Gasteiger partial charge in [0.15, 0.2) is 0 Å². The highest BCUT2D eigenvalue weighted by atomic mass is 79.9. The number of likely N-dealkylation sites (tertiary alicyclic amines) is 1. The standard InChI is InChI=1S/C18H20BrN3O2/c1-18(11-20)7-9-22(12-18)17(23)15-6-3-8-21-16(15)24-14-5-2-4-13(19)10-14/h2-6,8,10H,7,9,11-12,20H2,1H3. The predicted octanol–water partition coefficient (Wildman–Crippen LogP) is 3.45. The first-order valence-corrected chi connectivity index (χ1v) is 8.68. The van der Waals surface area contributed by atoms with E-state index >= 15 is 0 Å². The van der Waals surface area contributed by atoms with Crippen LogP contribution in [0.5, 0.6) is 11.6 Å². The summed E-state index contributed by atoms with van der Waals surface area (Å²) < 4.78 is 6.74. The molecule has 1 aromatic heterocycles. The van der Waals surface area contributed by atoms with Gasteiger partial charge in [0.05, 0.1) is 0 Å².